The van der Waals surface area contributed by atoms with Crippen LogP contribution in [0.3, 0.4) is 0 Å². The summed E-state index contributed by atoms with van der Waals surface area (Å²) in [6.07, 6.45) is 14.3. The molecule has 0 unspecified atom stereocenters. The molecule has 1 amide bonds. The summed E-state index contributed by atoms with van der Waals surface area (Å²) in [5, 5.41) is 9.06. The minimum absolute atomic E-state index is 0.228. The molecular formula is C19H26N6O. The first-order valence-electron chi connectivity index (χ1n) is 9.54. The quantitative estimate of drug-likeness (QED) is 0.748. The van der Waals surface area contributed by atoms with Crippen LogP contribution < -0.4 is 0 Å². The van der Waals surface area contributed by atoms with Gasteiger partial charge >= 0.3 is 0 Å². The number of hydrogen-bond acceptors (Lipinski definition) is 4. The smallest absolute Gasteiger partial charge is 0.226 e. The number of hydrogen-bond donors (Lipinski definition) is 0. The predicted molar refractivity (Wildman–Crippen MR) is 97.6 cm³/mol. The highest BCUT2D eigenvalue weighted by atomic mass is 16.2. The summed E-state index contributed by atoms with van der Waals surface area (Å²) in [4.78, 5) is 18.3. The Bertz CT molecular complexity index is 766. The predicted octanol–water partition coefficient (Wildman–Crippen LogP) is 2.53. The van der Waals surface area contributed by atoms with E-state index in [1.54, 1.807) is 6.20 Å². The van der Waals surface area contributed by atoms with Gasteiger partial charge in [0.2, 0.25) is 5.91 Å². The molecule has 1 saturated carbocycles. The number of imidazole rings is 1. The molecule has 0 bridgehead atoms. The number of amides is 1. The lowest BCUT2D eigenvalue weighted by Gasteiger charge is -2.31. The molecule has 0 spiro atoms. The number of aromatic nitrogens is 5. The number of likely N-dealkylation sites (tertiary alicyclic amines) is 1. The van der Waals surface area contributed by atoms with Gasteiger partial charge in [-0.15, -0.1) is 10.2 Å². The van der Waals surface area contributed by atoms with Crippen molar-refractivity contribution in [1.29, 1.82) is 0 Å². The summed E-state index contributed by atoms with van der Waals surface area (Å²) in [6.45, 7) is 4.29. The third-order valence-electron chi connectivity index (χ3n) is 5.33. The molecule has 26 heavy (non-hydrogen) atoms. The van der Waals surface area contributed by atoms with Crippen molar-refractivity contribution in [3.8, 4) is 0 Å². The standard InChI is InChI=1S/C19H26N6O/c1-2-3-4-18(26)24-10-7-15(8-11-24)19-22-21-17(25(19)16-5-6-16)13-23-12-9-20-14-23/h2-3,9,12,14-16H,4-8,10-11,13H2,1H3/b3-2+. The first kappa shape index (κ1) is 17.0. The fourth-order valence-corrected chi connectivity index (χ4v) is 3.73. The Morgan fingerprint density at radius 3 is 2.69 bits per heavy atom. The summed E-state index contributed by atoms with van der Waals surface area (Å²) in [5.41, 5.74) is 0. The van der Waals surface area contributed by atoms with E-state index >= 15 is 0 Å². The van der Waals surface area contributed by atoms with Crippen LogP contribution in [-0.2, 0) is 11.3 Å². The van der Waals surface area contributed by atoms with Gasteiger partial charge in [0.05, 0.1) is 12.9 Å². The van der Waals surface area contributed by atoms with Gasteiger partial charge in [-0.05, 0) is 32.6 Å². The summed E-state index contributed by atoms with van der Waals surface area (Å²) >= 11 is 0. The second-order valence-electron chi connectivity index (χ2n) is 7.24. The molecule has 2 aromatic heterocycles. The molecule has 0 aromatic carbocycles. The Morgan fingerprint density at radius 2 is 2.04 bits per heavy atom. The van der Waals surface area contributed by atoms with Crippen LogP contribution >= 0.6 is 0 Å². The number of allylic oxidation sites excluding steroid dienone is 1. The maximum Gasteiger partial charge on any atom is 0.226 e. The van der Waals surface area contributed by atoms with Crippen molar-refractivity contribution in [2.45, 2.75) is 57.5 Å². The lowest BCUT2D eigenvalue weighted by molar-refractivity contribution is -0.131. The Morgan fingerprint density at radius 1 is 1.23 bits per heavy atom. The molecule has 0 radical (unpaired) electrons. The highest BCUT2D eigenvalue weighted by Gasteiger charge is 2.34. The van der Waals surface area contributed by atoms with Crippen LogP contribution in [0.4, 0.5) is 0 Å². The Balaban J connectivity index is 1.45. The molecule has 7 heteroatoms. The topological polar surface area (TPSA) is 68.8 Å². The highest BCUT2D eigenvalue weighted by Crippen LogP contribution is 2.40. The number of nitrogens with zero attached hydrogens (tertiary/aromatic N) is 6. The molecule has 1 aliphatic carbocycles. The molecule has 2 fully saturated rings. The second kappa shape index (κ2) is 7.43. The van der Waals surface area contributed by atoms with Crippen molar-refractivity contribution in [2.24, 2.45) is 0 Å². The van der Waals surface area contributed by atoms with E-state index in [2.05, 4.69) is 19.7 Å². The van der Waals surface area contributed by atoms with Gasteiger partial charge in [0.15, 0.2) is 5.82 Å². The van der Waals surface area contributed by atoms with Crippen molar-refractivity contribution in [1.82, 2.24) is 29.2 Å². The van der Waals surface area contributed by atoms with Crippen molar-refractivity contribution in [3.05, 3.63) is 42.5 Å². The maximum atomic E-state index is 12.2. The number of piperidine rings is 1. The van der Waals surface area contributed by atoms with Gasteiger partial charge in [-0.25, -0.2) is 4.98 Å². The van der Waals surface area contributed by atoms with Crippen molar-refractivity contribution in [2.75, 3.05) is 13.1 Å². The first-order valence-corrected chi connectivity index (χ1v) is 9.54. The van der Waals surface area contributed by atoms with Crippen LogP contribution in [0.1, 0.15) is 62.6 Å². The van der Waals surface area contributed by atoms with Crippen LogP contribution in [0.25, 0.3) is 0 Å². The molecular weight excluding hydrogens is 328 g/mol. The largest absolute Gasteiger partial charge is 0.342 e. The van der Waals surface area contributed by atoms with Crippen molar-refractivity contribution in [3.63, 3.8) is 0 Å². The summed E-state index contributed by atoms with van der Waals surface area (Å²) in [5.74, 6) is 2.76. The van der Waals surface area contributed by atoms with Crippen LogP contribution in [0.2, 0.25) is 0 Å². The van der Waals surface area contributed by atoms with E-state index in [0.29, 0.717) is 24.9 Å². The highest BCUT2D eigenvalue weighted by molar-refractivity contribution is 5.77. The van der Waals surface area contributed by atoms with Gasteiger partial charge in [0.25, 0.3) is 0 Å². The summed E-state index contributed by atoms with van der Waals surface area (Å²) < 4.78 is 4.40. The Hall–Kier alpha value is -2.44. The molecule has 2 aliphatic rings. The monoisotopic (exact) mass is 354 g/mol. The molecule has 4 rings (SSSR count). The SMILES string of the molecule is C/C=C/CC(=O)N1CCC(c2nnc(Cn3ccnc3)n2C2CC2)CC1. The van der Waals surface area contributed by atoms with Crippen LogP contribution in [0, 0.1) is 0 Å². The molecule has 3 heterocycles. The van der Waals surface area contributed by atoms with E-state index in [0.717, 1.165) is 37.6 Å². The number of rotatable bonds is 6. The van der Waals surface area contributed by atoms with Gasteiger partial charge < -0.3 is 14.0 Å². The normalized spacial score (nSPS) is 18.7. The first-order chi connectivity index (χ1) is 12.8. The van der Waals surface area contributed by atoms with Crippen LogP contribution in [0.15, 0.2) is 30.9 Å². The van der Waals surface area contributed by atoms with E-state index in [-0.39, 0.29) is 5.91 Å². The molecule has 138 valence electrons. The molecule has 2 aromatic rings. The van der Waals surface area contributed by atoms with E-state index in [4.69, 9.17) is 0 Å². The lowest BCUT2D eigenvalue weighted by Crippen LogP contribution is -2.38. The number of carbonyl (C=O) groups excluding carboxylic acids is 1. The molecule has 1 aliphatic heterocycles. The number of carbonyl (C=O) groups is 1. The summed E-state index contributed by atoms with van der Waals surface area (Å²) in [7, 11) is 0. The molecule has 1 saturated heterocycles. The fraction of sp³-hybridized carbons (Fsp3) is 0.579. The van der Waals surface area contributed by atoms with Crippen molar-refractivity contribution < 1.29 is 4.79 Å². The Labute approximate surface area is 153 Å². The maximum absolute atomic E-state index is 12.2. The third kappa shape index (κ3) is 3.57. The average Bonchev–Trinajstić information content (AvgIpc) is 3.21. The minimum Gasteiger partial charge on any atom is -0.342 e. The van der Waals surface area contributed by atoms with Gasteiger partial charge in [0, 0.05) is 43.9 Å². The average molecular weight is 354 g/mol. The lowest BCUT2D eigenvalue weighted by atomic mass is 9.95. The van der Waals surface area contributed by atoms with E-state index in [1.165, 1.54) is 12.8 Å². The minimum atomic E-state index is 0.228. The van der Waals surface area contributed by atoms with Crippen LogP contribution in [-0.4, -0.2) is 48.2 Å². The van der Waals surface area contributed by atoms with Gasteiger partial charge in [-0.2, -0.15) is 0 Å². The summed E-state index contributed by atoms with van der Waals surface area (Å²) in [6, 6.07) is 0.549. The zero-order valence-corrected chi connectivity index (χ0v) is 15.3. The van der Waals surface area contributed by atoms with Gasteiger partial charge in [-0.1, -0.05) is 12.2 Å². The van der Waals surface area contributed by atoms with Gasteiger partial charge in [-0.3, -0.25) is 4.79 Å². The second-order valence-corrected chi connectivity index (χ2v) is 7.24. The third-order valence-corrected chi connectivity index (χ3v) is 5.33. The Kier molecular flexibility index (Phi) is 4.86. The molecule has 0 atom stereocenters. The molecule has 7 nitrogen and oxygen atoms in total. The zero-order chi connectivity index (χ0) is 17.9. The van der Waals surface area contributed by atoms with E-state index in [9.17, 15) is 4.79 Å². The van der Waals surface area contributed by atoms with Crippen LogP contribution in [0.5, 0.6) is 0 Å². The van der Waals surface area contributed by atoms with Crippen molar-refractivity contribution >= 4 is 5.91 Å². The van der Waals surface area contributed by atoms with E-state index < -0.39 is 0 Å². The molecule has 0 N–H and O–H groups in total. The fourth-order valence-electron chi connectivity index (χ4n) is 3.73. The van der Waals surface area contributed by atoms with E-state index in [1.807, 2.05) is 41.1 Å². The zero-order valence-electron chi connectivity index (χ0n) is 15.3. The van der Waals surface area contributed by atoms with Gasteiger partial charge in [0.1, 0.15) is 5.82 Å².